The summed E-state index contributed by atoms with van der Waals surface area (Å²) in [6.45, 7) is 3.52. The number of pyridine rings is 1. The third kappa shape index (κ3) is 4.60. The van der Waals surface area contributed by atoms with Crippen molar-refractivity contribution in [3.05, 3.63) is 53.7 Å². The van der Waals surface area contributed by atoms with Crippen LogP contribution in [0.2, 0.25) is 0 Å². The maximum atomic E-state index is 13.1. The lowest BCUT2D eigenvalue weighted by molar-refractivity contribution is 0.0793. The van der Waals surface area contributed by atoms with Crippen LogP contribution in [-0.4, -0.2) is 37.5 Å². The van der Waals surface area contributed by atoms with Gasteiger partial charge < -0.3 is 15.5 Å². The van der Waals surface area contributed by atoms with Crippen LogP contribution < -0.4 is 5.32 Å². The molecule has 1 amide bonds. The number of anilines is 1. The van der Waals surface area contributed by atoms with Crippen molar-refractivity contribution in [1.82, 2.24) is 14.8 Å². The number of rotatable bonds is 5. The minimum absolute atomic E-state index is 0.0829. The van der Waals surface area contributed by atoms with Crippen LogP contribution in [0.1, 0.15) is 61.6 Å². The van der Waals surface area contributed by atoms with E-state index in [4.69, 9.17) is 5.10 Å². The number of amides is 1. The second-order valence-corrected chi connectivity index (χ2v) is 8.80. The van der Waals surface area contributed by atoms with Crippen molar-refractivity contribution in [2.75, 3.05) is 11.9 Å². The molecular weight excluding hydrogens is 399 g/mol. The molecule has 3 aromatic rings. The Kier molecular flexibility index (Phi) is 5.77. The summed E-state index contributed by atoms with van der Waals surface area (Å²) in [5, 5.41) is 28.4. The topological polar surface area (TPSA) is 100 Å². The third-order valence-electron chi connectivity index (χ3n) is 5.98. The minimum Gasteiger partial charge on any atom is -0.396 e. The zero-order valence-corrected chi connectivity index (χ0v) is 17.7. The van der Waals surface area contributed by atoms with Crippen LogP contribution in [0.5, 0.6) is 0 Å². The Morgan fingerprint density at radius 3 is 2.61 bits per heavy atom. The van der Waals surface area contributed by atoms with Crippen LogP contribution in [-0.2, 0) is 5.60 Å². The van der Waals surface area contributed by atoms with Crippen LogP contribution in [0.4, 0.5) is 10.1 Å². The first-order valence-corrected chi connectivity index (χ1v) is 10.5. The van der Waals surface area contributed by atoms with Crippen LogP contribution in [0.25, 0.3) is 10.9 Å². The summed E-state index contributed by atoms with van der Waals surface area (Å²) in [6.07, 6.45) is 6.80. The van der Waals surface area contributed by atoms with Gasteiger partial charge in [0.15, 0.2) is 0 Å². The van der Waals surface area contributed by atoms with Gasteiger partial charge in [-0.15, -0.1) is 0 Å². The van der Waals surface area contributed by atoms with Crippen molar-refractivity contribution in [3.8, 4) is 0 Å². The van der Waals surface area contributed by atoms with Gasteiger partial charge in [0.25, 0.3) is 5.91 Å². The van der Waals surface area contributed by atoms with Gasteiger partial charge in [-0.05, 0) is 69.7 Å². The van der Waals surface area contributed by atoms with Crippen molar-refractivity contribution in [2.24, 2.45) is 5.92 Å². The lowest BCUT2D eigenvalue weighted by atomic mass is 9.87. The first-order chi connectivity index (χ1) is 14.7. The number of hydrogen-bond donors (Lipinski definition) is 3. The molecule has 0 atom stereocenters. The van der Waals surface area contributed by atoms with E-state index in [1.54, 1.807) is 26.0 Å². The van der Waals surface area contributed by atoms with Crippen molar-refractivity contribution in [2.45, 2.75) is 51.2 Å². The fraction of sp³-hybridized carbons (Fsp3) is 0.435. The number of carbonyl (C=O) groups is 1. The molecule has 1 aromatic carbocycles. The van der Waals surface area contributed by atoms with Gasteiger partial charge in [-0.3, -0.25) is 9.48 Å². The van der Waals surface area contributed by atoms with Crippen LogP contribution >= 0.6 is 0 Å². The van der Waals surface area contributed by atoms with Crippen molar-refractivity contribution in [3.63, 3.8) is 0 Å². The molecule has 1 aliphatic carbocycles. The highest BCUT2D eigenvalue weighted by molar-refractivity contribution is 6.04. The van der Waals surface area contributed by atoms with E-state index in [0.717, 1.165) is 42.8 Å². The molecule has 31 heavy (non-hydrogen) atoms. The Morgan fingerprint density at radius 1 is 1.26 bits per heavy atom. The van der Waals surface area contributed by atoms with E-state index in [0.29, 0.717) is 17.2 Å². The summed E-state index contributed by atoms with van der Waals surface area (Å²) >= 11 is 0. The van der Waals surface area contributed by atoms with Gasteiger partial charge in [-0.25, -0.2) is 9.37 Å². The molecule has 0 aliphatic heterocycles. The zero-order valence-electron chi connectivity index (χ0n) is 17.7. The molecule has 2 heterocycles. The number of aromatic nitrogens is 3. The molecule has 1 aliphatic rings. The van der Waals surface area contributed by atoms with Gasteiger partial charge in [0.05, 0.1) is 23.4 Å². The molecule has 4 rings (SSSR count). The molecular formula is C23H27FN4O3. The number of hydrogen-bond acceptors (Lipinski definition) is 5. The van der Waals surface area contributed by atoms with E-state index < -0.39 is 17.3 Å². The van der Waals surface area contributed by atoms with Crippen molar-refractivity contribution < 1.29 is 19.4 Å². The molecule has 0 saturated heterocycles. The normalized spacial score (nSPS) is 19.5. The van der Waals surface area contributed by atoms with E-state index in [9.17, 15) is 19.4 Å². The first-order valence-electron chi connectivity index (χ1n) is 10.5. The van der Waals surface area contributed by atoms with Gasteiger partial charge >= 0.3 is 0 Å². The maximum absolute atomic E-state index is 13.1. The highest BCUT2D eigenvalue weighted by Gasteiger charge is 2.26. The average Bonchev–Trinajstić information content (AvgIpc) is 3.16. The molecule has 8 heteroatoms. The summed E-state index contributed by atoms with van der Waals surface area (Å²) in [7, 11) is 0. The number of fused-ring (bicyclic) bond motifs is 1. The molecule has 2 aromatic heterocycles. The average molecular weight is 426 g/mol. The predicted octanol–water partition coefficient (Wildman–Crippen LogP) is 3.77. The molecule has 1 saturated carbocycles. The molecule has 0 unspecified atom stereocenters. The van der Waals surface area contributed by atoms with E-state index in [2.05, 4.69) is 10.3 Å². The summed E-state index contributed by atoms with van der Waals surface area (Å²) in [4.78, 5) is 16.5. The lowest BCUT2D eigenvalue weighted by Crippen LogP contribution is -2.21. The quantitative estimate of drug-likeness (QED) is 0.577. The second-order valence-electron chi connectivity index (χ2n) is 8.80. The minimum atomic E-state index is -1.21. The first kappa shape index (κ1) is 21.4. The Labute approximate surface area is 179 Å². The smallest absolute Gasteiger partial charge is 0.274 e. The number of carbonyl (C=O) groups excluding carboxylic acids is 1. The summed E-state index contributed by atoms with van der Waals surface area (Å²) in [5.74, 6) is -0.639. The molecule has 3 N–H and O–H groups in total. The largest absolute Gasteiger partial charge is 0.396 e. The molecule has 0 bridgehead atoms. The number of benzene rings is 1. The maximum Gasteiger partial charge on any atom is 0.274 e. The predicted molar refractivity (Wildman–Crippen MR) is 115 cm³/mol. The van der Waals surface area contributed by atoms with Gasteiger partial charge in [0, 0.05) is 29.4 Å². The zero-order chi connectivity index (χ0) is 22.2. The van der Waals surface area contributed by atoms with E-state index >= 15 is 0 Å². The fourth-order valence-corrected chi connectivity index (χ4v) is 4.18. The third-order valence-corrected chi connectivity index (χ3v) is 5.98. The highest BCUT2D eigenvalue weighted by Crippen LogP contribution is 2.35. The Bertz CT molecular complexity index is 1080. The van der Waals surface area contributed by atoms with Crippen molar-refractivity contribution in [1.29, 1.82) is 0 Å². The van der Waals surface area contributed by atoms with E-state index in [-0.39, 0.29) is 18.3 Å². The standard InChI is InChI=1S/C23H27FN4O3/c1-23(2,31)18-10-20-15(12-28(27-20)17-6-3-14(13-29)4-7-17)9-21(18)26-22(30)19-8-5-16(24)11-25-19/h5,8-12,14,17,29,31H,3-4,6-7,13H2,1-2H3,(H,26,30)/t14-,17-. The number of halogens is 1. The number of nitrogens with one attached hydrogen (secondary N) is 1. The summed E-state index contributed by atoms with van der Waals surface area (Å²) < 4.78 is 15.1. The molecule has 7 nitrogen and oxygen atoms in total. The number of aliphatic hydroxyl groups excluding tert-OH is 1. The van der Waals surface area contributed by atoms with Crippen LogP contribution in [0.3, 0.4) is 0 Å². The van der Waals surface area contributed by atoms with E-state index in [1.807, 2.05) is 10.9 Å². The van der Waals surface area contributed by atoms with Crippen molar-refractivity contribution >= 4 is 22.5 Å². The van der Waals surface area contributed by atoms with E-state index in [1.165, 1.54) is 12.1 Å². The van der Waals surface area contributed by atoms with Crippen LogP contribution in [0.15, 0.2) is 36.7 Å². The number of nitrogens with zero attached hydrogens (tertiary/aromatic N) is 3. The Balaban J connectivity index is 1.65. The molecule has 0 spiro atoms. The van der Waals surface area contributed by atoms with Gasteiger partial charge in [0.1, 0.15) is 11.5 Å². The number of aliphatic hydroxyl groups is 2. The Morgan fingerprint density at radius 2 is 2.00 bits per heavy atom. The summed E-state index contributed by atoms with van der Waals surface area (Å²) in [6, 6.07) is 6.35. The SMILES string of the molecule is CC(C)(O)c1cc2nn([C@H]3CC[C@H](CO)CC3)cc2cc1NC(=O)c1ccc(F)cn1. The van der Waals surface area contributed by atoms with Gasteiger partial charge in [-0.2, -0.15) is 5.10 Å². The Hall–Kier alpha value is -2.84. The molecule has 1 fully saturated rings. The molecule has 164 valence electrons. The van der Waals surface area contributed by atoms with Crippen LogP contribution in [0, 0.1) is 11.7 Å². The summed E-state index contributed by atoms with van der Waals surface area (Å²) in [5.41, 5.74) is 0.596. The fourth-order valence-electron chi connectivity index (χ4n) is 4.18. The van der Waals surface area contributed by atoms with Gasteiger partial charge in [0.2, 0.25) is 0 Å². The molecule has 0 radical (unpaired) electrons. The second kappa shape index (κ2) is 8.36. The monoisotopic (exact) mass is 426 g/mol. The lowest BCUT2D eigenvalue weighted by Gasteiger charge is -2.27. The highest BCUT2D eigenvalue weighted by atomic mass is 19.1. The van der Waals surface area contributed by atoms with Gasteiger partial charge in [-0.1, -0.05) is 0 Å².